The molecule has 0 amide bonds. The molecule has 0 saturated carbocycles. The summed E-state index contributed by atoms with van der Waals surface area (Å²) < 4.78 is 23.6. The van der Waals surface area contributed by atoms with Gasteiger partial charge >= 0.3 is 7.60 Å². The number of hydrogen-bond acceptors (Lipinski definition) is 3. The van der Waals surface area contributed by atoms with Crippen molar-refractivity contribution in [3.8, 4) is 0 Å². The van der Waals surface area contributed by atoms with Crippen molar-refractivity contribution in [3.05, 3.63) is 66.3 Å². The Bertz CT molecular complexity index is 606. The zero-order valence-electron chi connectivity index (χ0n) is 13.2. The third-order valence-electron chi connectivity index (χ3n) is 3.57. The van der Waals surface area contributed by atoms with Crippen molar-refractivity contribution >= 4 is 13.2 Å². The van der Waals surface area contributed by atoms with E-state index in [1.165, 1.54) is 0 Å². The summed E-state index contributed by atoms with van der Waals surface area (Å²) in [6, 6.07) is 10.0. The van der Waals surface area contributed by atoms with Crippen molar-refractivity contribution in [3.63, 3.8) is 0 Å². The fourth-order valence-corrected chi connectivity index (χ4v) is 4.30. The van der Waals surface area contributed by atoms with E-state index in [0.29, 0.717) is 19.6 Å². The smallest absolute Gasteiger partial charge is 0.308 e. The number of allylic oxidation sites excluding steroid dienone is 5. The molecule has 0 heterocycles. The van der Waals surface area contributed by atoms with Crippen LogP contribution < -0.4 is 0 Å². The molecular weight excluding hydrogens is 295 g/mol. The Balaban J connectivity index is 2.11. The van der Waals surface area contributed by atoms with Gasteiger partial charge in [0.1, 0.15) is 0 Å². The van der Waals surface area contributed by atoms with E-state index in [1.54, 1.807) is 0 Å². The molecule has 22 heavy (non-hydrogen) atoms. The first-order chi connectivity index (χ1) is 10.6. The van der Waals surface area contributed by atoms with Crippen molar-refractivity contribution in [1.82, 2.24) is 0 Å². The Hall–Kier alpha value is -1.41. The molecule has 1 aromatic rings. The predicted octanol–water partition coefficient (Wildman–Crippen LogP) is 5.22. The van der Waals surface area contributed by atoms with Crippen LogP contribution >= 0.6 is 7.60 Å². The quantitative estimate of drug-likeness (QED) is 0.646. The SMILES string of the molecule is C=C(C1=CCC(P(=O)(OCC)OCC)C=C1)c1ccccc1. The fraction of sp³-hybridized carbons (Fsp3) is 0.333. The van der Waals surface area contributed by atoms with Crippen molar-refractivity contribution in [1.29, 1.82) is 0 Å². The monoisotopic (exact) mass is 318 g/mol. The summed E-state index contributed by atoms with van der Waals surface area (Å²) in [4.78, 5) is 0. The van der Waals surface area contributed by atoms with Gasteiger partial charge in [0.2, 0.25) is 0 Å². The average Bonchev–Trinajstić information content (AvgIpc) is 2.55. The molecule has 0 aromatic heterocycles. The lowest BCUT2D eigenvalue weighted by Gasteiger charge is -2.25. The summed E-state index contributed by atoms with van der Waals surface area (Å²) in [6.45, 7) is 8.59. The third-order valence-corrected chi connectivity index (χ3v) is 6.00. The highest BCUT2D eigenvalue weighted by Gasteiger charge is 2.34. The van der Waals surface area contributed by atoms with Gasteiger partial charge in [-0.3, -0.25) is 4.57 Å². The van der Waals surface area contributed by atoms with Gasteiger partial charge in [0.15, 0.2) is 0 Å². The molecule has 1 aliphatic carbocycles. The first-order valence-electron chi connectivity index (χ1n) is 7.62. The van der Waals surface area contributed by atoms with E-state index < -0.39 is 7.60 Å². The van der Waals surface area contributed by atoms with Crippen LogP contribution in [0.3, 0.4) is 0 Å². The molecule has 1 unspecified atom stereocenters. The second kappa shape index (κ2) is 7.73. The van der Waals surface area contributed by atoms with Gasteiger partial charge in [-0.15, -0.1) is 0 Å². The van der Waals surface area contributed by atoms with E-state index in [0.717, 1.165) is 16.7 Å². The van der Waals surface area contributed by atoms with Crippen LogP contribution in [0.25, 0.3) is 5.57 Å². The molecule has 2 rings (SSSR count). The van der Waals surface area contributed by atoms with Crippen LogP contribution in [0.1, 0.15) is 25.8 Å². The minimum atomic E-state index is -3.08. The number of hydrogen-bond donors (Lipinski definition) is 0. The summed E-state index contributed by atoms with van der Waals surface area (Å²) in [5.74, 6) is 0. The van der Waals surface area contributed by atoms with Crippen LogP contribution in [0.5, 0.6) is 0 Å². The second-order valence-electron chi connectivity index (χ2n) is 5.04. The molecule has 1 aliphatic rings. The molecule has 118 valence electrons. The largest absolute Gasteiger partial charge is 0.337 e. The number of benzene rings is 1. The van der Waals surface area contributed by atoms with Crippen LogP contribution in [-0.2, 0) is 13.6 Å². The second-order valence-corrected chi connectivity index (χ2v) is 7.30. The normalized spacial score (nSPS) is 18.1. The molecule has 0 N–H and O–H groups in total. The fourth-order valence-electron chi connectivity index (χ4n) is 2.46. The Morgan fingerprint density at radius 1 is 1.23 bits per heavy atom. The van der Waals surface area contributed by atoms with Crippen LogP contribution in [-0.4, -0.2) is 18.9 Å². The van der Waals surface area contributed by atoms with Crippen molar-refractivity contribution in [2.75, 3.05) is 13.2 Å². The van der Waals surface area contributed by atoms with Gasteiger partial charge in [-0.2, -0.15) is 0 Å². The van der Waals surface area contributed by atoms with Crippen LogP contribution in [0.15, 0.2) is 60.7 Å². The topological polar surface area (TPSA) is 35.5 Å². The van der Waals surface area contributed by atoms with E-state index in [-0.39, 0.29) is 5.66 Å². The first kappa shape index (κ1) is 17.0. The lowest BCUT2D eigenvalue weighted by molar-refractivity contribution is 0.215. The Labute approximate surface area is 132 Å². The molecule has 0 spiro atoms. The van der Waals surface area contributed by atoms with Crippen molar-refractivity contribution in [2.45, 2.75) is 25.9 Å². The molecule has 3 nitrogen and oxygen atoms in total. The van der Waals surface area contributed by atoms with Gasteiger partial charge in [0, 0.05) is 0 Å². The van der Waals surface area contributed by atoms with Gasteiger partial charge in [-0.1, -0.05) is 55.1 Å². The standard InChI is InChI=1S/C18H23O3P/c1-4-20-22(19,21-5-2)18-13-11-17(12-14-18)15(3)16-9-7-6-8-10-16/h6-13,18H,3-5,14H2,1-2H3. The summed E-state index contributed by atoms with van der Waals surface area (Å²) >= 11 is 0. The zero-order chi connectivity index (χ0) is 16.0. The summed E-state index contributed by atoms with van der Waals surface area (Å²) in [5.41, 5.74) is 2.90. The van der Waals surface area contributed by atoms with Crippen LogP contribution in [0.4, 0.5) is 0 Å². The van der Waals surface area contributed by atoms with Gasteiger partial charge in [0.05, 0.1) is 18.9 Å². The van der Waals surface area contributed by atoms with Gasteiger partial charge < -0.3 is 9.05 Å². The number of rotatable bonds is 7. The van der Waals surface area contributed by atoms with Gasteiger partial charge in [0.25, 0.3) is 0 Å². The highest BCUT2D eigenvalue weighted by Crippen LogP contribution is 2.55. The van der Waals surface area contributed by atoms with Crippen molar-refractivity contribution in [2.24, 2.45) is 0 Å². The predicted molar refractivity (Wildman–Crippen MR) is 92.0 cm³/mol. The molecule has 0 aliphatic heterocycles. The molecule has 0 fully saturated rings. The molecule has 4 heteroatoms. The maximum absolute atomic E-state index is 12.8. The molecule has 0 saturated heterocycles. The molecule has 1 atom stereocenters. The Kier molecular flexibility index (Phi) is 5.96. The first-order valence-corrected chi connectivity index (χ1v) is 9.23. The van der Waals surface area contributed by atoms with E-state index in [9.17, 15) is 4.57 Å². The minimum Gasteiger partial charge on any atom is -0.308 e. The van der Waals surface area contributed by atoms with E-state index in [4.69, 9.17) is 9.05 Å². The average molecular weight is 318 g/mol. The lowest BCUT2D eigenvalue weighted by atomic mass is 9.95. The maximum Gasteiger partial charge on any atom is 0.337 e. The zero-order valence-corrected chi connectivity index (χ0v) is 14.1. The van der Waals surface area contributed by atoms with Crippen LogP contribution in [0.2, 0.25) is 0 Å². The van der Waals surface area contributed by atoms with E-state index in [2.05, 4.69) is 12.7 Å². The van der Waals surface area contributed by atoms with E-state index >= 15 is 0 Å². The Morgan fingerprint density at radius 2 is 1.86 bits per heavy atom. The minimum absolute atomic E-state index is 0.222. The molecular formula is C18H23O3P. The summed E-state index contributed by atoms with van der Waals surface area (Å²) in [5, 5.41) is 0. The summed E-state index contributed by atoms with van der Waals surface area (Å²) in [6.07, 6.45) is 6.59. The molecule has 0 bridgehead atoms. The van der Waals surface area contributed by atoms with Crippen molar-refractivity contribution < 1.29 is 13.6 Å². The summed E-state index contributed by atoms with van der Waals surface area (Å²) in [7, 11) is -3.08. The van der Waals surface area contributed by atoms with E-state index in [1.807, 2.05) is 56.3 Å². The Morgan fingerprint density at radius 3 is 2.36 bits per heavy atom. The van der Waals surface area contributed by atoms with Gasteiger partial charge in [-0.25, -0.2) is 0 Å². The third kappa shape index (κ3) is 3.86. The molecule has 0 radical (unpaired) electrons. The van der Waals surface area contributed by atoms with Gasteiger partial charge in [-0.05, 0) is 37.0 Å². The highest BCUT2D eigenvalue weighted by molar-refractivity contribution is 7.54. The maximum atomic E-state index is 12.8. The lowest BCUT2D eigenvalue weighted by Crippen LogP contribution is -2.13. The highest BCUT2D eigenvalue weighted by atomic mass is 31.2. The molecule has 1 aromatic carbocycles. The van der Waals surface area contributed by atoms with Crippen LogP contribution in [0, 0.1) is 0 Å².